The van der Waals surface area contributed by atoms with Gasteiger partial charge in [0, 0.05) is 19.2 Å². The van der Waals surface area contributed by atoms with Gasteiger partial charge in [0.05, 0.1) is 10.7 Å². The molecule has 2 nitrogen and oxygen atoms in total. The molecule has 0 amide bonds. The monoisotopic (exact) mass is 256 g/mol. The van der Waals surface area contributed by atoms with Crippen LogP contribution in [0.1, 0.15) is 12.8 Å². The molecule has 0 saturated carbocycles. The van der Waals surface area contributed by atoms with Crippen molar-refractivity contribution in [3.05, 3.63) is 16.9 Å². The molecular formula is C7H8BrF3N2. The van der Waals surface area contributed by atoms with E-state index in [1.165, 1.54) is 4.68 Å². The standard InChI is InChI=1S/C7H8BrF3N2/c8-6-4-12-13(5-6)3-1-2-7(9,10)11/h4-5H,1-3H2. The van der Waals surface area contributed by atoms with Crippen LogP contribution < -0.4 is 0 Å². The zero-order chi connectivity index (χ0) is 9.90. The summed E-state index contributed by atoms with van der Waals surface area (Å²) < 4.78 is 37.4. The second-order valence-electron chi connectivity index (χ2n) is 2.64. The first-order chi connectivity index (χ1) is 5.97. The van der Waals surface area contributed by atoms with Crippen LogP contribution in [0.3, 0.4) is 0 Å². The topological polar surface area (TPSA) is 17.8 Å². The summed E-state index contributed by atoms with van der Waals surface area (Å²) in [6.45, 7) is 0.297. The Morgan fingerprint density at radius 1 is 1.46 bits per heavy atom. The van der Waals surface area contributed by atoms with Gasteiger partial charge in [-0.2, -0.15) is 18.3 Å². The molecule has 0 unspecified atom stereocenters. The first-order valence-corrected chi connectivity index (χ1v) is 4.51. The summed E-state index contributed by atoms with van der Waals surface area (Å²) in [5.41, 5.74) is 0. The smallest absolute Gasteiger partial charge is 0.272 e. The highest BCUT2D eigenvalue weighted by Crippen LogP contribution is 2.21. The van der Waals surface area contributed by atoms with E-state index in [1.807, 2.05) is 0 Å². The van der Waals surface area contributed by atoms with Crippen LogP contribution in [-0.2, 0) is 6.54 Å². The van der Waals surface area contributed by atoms with Gasteiger partial charge < -0.3 is 0 Å². The van der Waals surface area contributed by atoms with Gasteiger partial charge in [0.15, 0.2) is 0 Å². The maximum absolute atomic E-state index is 11.7. The van der Waals surface area contributed by atoms with Crippen molar-refractivity contribution >= 4 is 15.9 Å². The lowest BCUT2D eigenvalue weighted by molar-refractivity contribution is -0.136. The Kier molecular flexibility index (Phi) is 3.35. The molecule has 0 aliphatic carbocycles. The maximum Gasteiger partial charge on any atom is 0.389 e. The predicted octanol–water partition coefficient (Wildman–Crippen LogP) is 2.99. The molecule has 1 aromatic rings. The van der Waals surface area contributed by atoms with Crippen LogP contribution in [0.4, 0.5) is 13.2 Å². The lowest BCUT2D eigenvalue weighted by Gasteiger charge is -2.05. The van der Waals surface area contributed by atoms with E-state index in [0.717, 1.165) is 4.47 Å². The van der Waals surface area contributed by atoms with Crippen molar-refractivity contribution in [1.29, 1.82) is 0 Å². The van der Waals surface area contributed by atoms with Gasteiger partial charge in [0.25, 0.3) is 0 Å². The molecular weight excluding hydrogens is 249 g/mol. The fourth-order valence-corrected chi connectivity index (χ4v) is 1.23. The quantitative estimate of drug-likeness (QED) is 0.813. The van der Waals surface area contributed by atoms with E-state index in [2.05, 4.69) is 21.0 Å². The summed E-state index contributed by atoms with van der Waals surface area (Å²) in [5.74, 6) is 0. The number of aromatic nitrogens is 2. The minimum atomic E-state index is -4.07. The Morgan fingerprint density at radius 2 is 2.15 bits per heavy atom. The number of rotatable bonds is 3. The first kappa shape index (κ1) is 10.6. The molecule has 6 heteroatoms. The summed E-state index contributed by atoms with van der Waals surface area (Å²) in [4.78, 5) is 0. The highest BCUT2D eigenvalue weighted by molar-refractivity contribution is 9.10. The number of nitrogens with zero attached hydrogens (tertiary/aromatic N) is 2. The summed E-state index contributed by atoms with van der Waals surface area (Å²) in [5, 5.41) is 3.84. The van der Waals surface area contributed by atoms with Gasteiger partial charge in [-0.3, -0.25) is 4.68 Å². The second kappa shape index (κ2) is 4.13. The summed E-state index contributed by atoms with van der Waals surface area (Å²) >= 11 is 3.16. The molecule has 1 aromatic heterocycles. The molecule has 0 bridgehead atoms. The van der Waals surface area contributed by atoms with Gasteiger partial charge in [-0.15, -0.1) is 0 Å². The molecule has 0 atom stereocenters. The van der Waals surface area contributed by atoms with Gasteiger partial charge in [-0.1, -0.05) is 0 Å². The van der Waals surface area contributed by atoms with Crippen LogP contribution in [-0.4, -0.2) is 16.0 Å². The van der Waals surface area contributed by atoms with Crippen molar-refractivity contribution in [2.45, 2.75) is 25.6 Å². The molecule has 1 heterocycles. The van der Waals surface area contributed by atoms with Gasteiger partial charge in [-0.05, 0) is 22.4 Å². The maximum atomic E-state index is 11.7. The lowest BCUT2D eigenvalue weighted by atomic mass is 10.3. The molecule has 0 fully saturated rings. The highest BCUT2D eigenvalue weighted by atomic mass is 79.9. The third kappa shape index (κ3) is 4.31. The molecule has 0 spiro atoms. The van der Waals surface area contributed by atoms with E-state index in [-0.39, 0.29) is 6.42 Å². The van der Waals surface area contributed by atoms with E-state index in [0.29, 0.717) is 6.54 Å². The fraction of sp³-hybridized carbons (Fsp3) is 0.571. The molecule has 0 aromatic carbocycles. The van der Waals surface area contributed by atoms with Crippen molar-refractivity contribution in [1.82, 2.24) is 9.78 Å². The Hall–Kier alpha value is -0.520. The molecule has 13 heavy (non-hydrogen) atoms. The van der Waals surface area contributed by atoms with E-state index in [9.17, 15) is 13.2 Å². The molecule has 0 radical (unpaired) electrons. The number of halogens is 4. The largest absolute Gasteiger partial charge is 0.389 e. The Labute approximate surface area is 81.9 Å². The zero-order valence-electron chi connectivity index (χ0n) is 6.68. The number of alkyl halides is 3. The van der Waals surface area contributed by atoms with Crippen LogP contribution >= 0.6 is 15.9 Å². The lowest BCUT2D eigenvalue weighted by Crippen LogP contribution is -2.09. The van der Waals surface area contributed by atoms with E-state index in [1.54, 1.807) is 12.4 Å². The minimum absolute atomic E-state index is 0.0671. The van der Waals surface area contributed by atoms with Crippen LogP contribution in [0, 0.1) is 0 Å². The van der Waals surface area contributed by atoms with Crippen LogP contribution in [0.5, 0.6) is 0 Å². The van der Waals surface area contributed by atoms with Gasteiger partial charge in [0.1, 0.15) is 0 Å². The van der Waals surface area contributed by atoms with E-state index >= 15 is 0 Å². The molecule has 1 rings (SSSR count). The first-order valence-electron chi connectivity index (χ1n) is 3.72. The SMILES string of the molecule is FC(F)(F)CCCn1cc(Br)cn1. The van der Waals surface area contributed by atoms with Gasteiger partial charge in [0.2, 0.25) is 0 Å². The summed E-state index contributed by atoms with van der Waals surface area (Å²) in [7, 11) is 0. The summed E-state index contributed by atoms with van der Waals surface area (Å²) in [6.07, 6.45) is -1.56. The second-order valence-corrected chi connectivity index (χ2v) is 3.56. The van der Waals surface area contributed by atoms with Crippen LogP contribution in [0.15, 0.2) is 16.9 Å². The minimum Gasteiger partial charge on any atom is -0.272 e. The van der Waals surface area contributed by atoms with Gasteiger partial charge >= 0.3 is 6.18 Å². The van der Waals surface area contributed by atoms with Crippen molar-refractivity contribution < 1.29 is 13.2 Å². The zero-order valence-corrected chi connectivity index (χ0v) is 8.27. The average molecular weight is 257 g/mol. The predicted molar refractivity (Wildman–Crippen MR) is 45.2 cm³/mol. The normalized spacial score (nSPS) is 12.0. The van der Waals surface area contributed by atoms with E-state index in [4.69, 9.17) is 0 Å². The van der Waals surface area contributed by atoms with Crippen molar-refractivity contribution in [2.75, 3.05) is 0 Å². The molecule has 0 aliphatic rings. The third-order valence-corrected chi connectivity index (χ3v) is 1.86. The fourth-order valence-electron chi connectivity index (χ4n) is 0.902. The molecule has 74 valence electrons. The van der Waals surface area contributed by atoms with Crippen molar-refractivity contribution in [3.8, 4) is 0 Å². The number of hydrogen-bond donors (Lipinski definition) is 0. The molecule has 0 N–H and O–H groups in total. The Balaban J connectivity index is 2.28. The van der Waals surface area contributed by atoms with Crippen molar-refractivity contribution in [2.24, 2.45) is 0 Å². The Morgan fingerprint density at radius 3 is 2.62 bits per heavy atom. The summed E-state index contributed by atoms with van der Waals surface area (Å²) in [6, 6.07) is 0. The van der Waals surface area contributed by atoms with E-state index < -0.39 is 12.6 Å². The molecule has 0 aliphatic heterocycles. The van der Waals surface area contributed by atoms with Gasteiger partial charge in [-0.25, -0.2) is 0 Å². The third-order valence-electron chi connectivity index (χ3n) is 1.45. The average Bonchev–Trinajstić information content (AvgIpc) is 2.33. The molecule has 0 saturated heterocycles. The van der Waals surface area contributed by atoms with Crippen molar-refractivity contribution in [3.63, 3.8) is 0 Å². The number of hydrogen-bond acceptors (Lipinski definition) is 1. The Bertz CT molecular complexity index is 269. The number of aryl methyl sites for hydroxylation is 1. The van der Waals surface area contributed by atoms with Crippen LogP contribution in [0.25, 0.3) is 0 Å². The highest BCUT2D eigenvalue weighted by Gasteiger charge is 2.25. The van der Waals surface area contributed by atoms with Crippen LogP contribution in [0.2, 0.25) is 0 Å².